The molecule has 0 saturated carbocycles. The molecule has 0 aliphatic carbocycles. The van der Waals surface area contributed by atoms with Gasteiger partial charge in [0.2, 0.25) is 0 Å². The molecule has 2 rings (SSSR count). The van der Waals surface area contributed by atoms with E-state index in [4.69, 9.17) is 0 Å². The number of Topliss-reactive ketones (excluding diaryl/α,β-unsaturated/α-hetero) is 1. The van der Waals surface area contributed by atoms with Crippen molar-refractivity contribution in [2.24, 2.45) is 0 Å². The summed E-state index contributed by atoms with van der Waals surface area (Å²) in [5.41, 5.74) is 2.43. The highest BCUT2D eigenvalue weighted by molar-refractivity contribution is 9.10. The highest BCUT2D eigenvalue weighted by atomic mass is 79.9. The Morgan fingerprint density at radius 3 is 2.53 bits per heavy atom. The third-order valence-corrected chi connectivity index (χ3v) is 3.63. The highest BCUT2D eigenvalue weighted by Gasteiger charge is 2.13. The summed E-state index contributed by atoms with van der Waals surface area (Å²) in [5.74, 6) is -0.643. The van der Waals surface area contributed by atoms with Gasteiger partial charge in [-0.15, -0.1) is 0 Å². The number of halogens is 2. The molecule has 0 aromatic heterocycles. The standard InChI is InChI=1S/C16H14BrFO/c1-11-5-7-12(8-6-11)9-10-15(19)13-3-2-4-14(17)16(13)18/h2-8H,9-10H2,1H3. The van der Waals surface area contributed by atoms with Crippen LogP contribution >= 0.6 is 15.9 Å². The first-order chi connectivity index (χ1) is 9.08. The van der Waals surface area contributed by atoms with Gasteiger partial charge >= 0.3 is 0 Å². The lowest BCUT2D eigenvalue weighted by atomic mass is 10.0. The molecule has 0 fully saturated rings. The van der Waals surface area contributed by atoms with Crippen molar-refractivity contribution in [3.05, 3.63) is 69.4 Å². The number of carbonyl (C=O) groups is 1. The van der Waals surface area contributed by atoms with Gasteiger partial charge in [-0.2, -0.15) is 0 Å². The molecule has 0 radical (unpaired) electrons. The summed E-state index contributed by atoms with van der Waals surface area (Å²) in [4.78, 5) is 12.0. The fourth-order valence-electron chi connectivity index (χ4n) is 1.87. The Kier molecular flexibility index (Phi) is 4.48. The number of hydrogen-bond acceptors (Lipinski definition) is 1. The van der Waals surface area contributed by atoms with E-state index in [2.05, 4.69) is 15.9 Å². The summed E-state index contributed by atoms with van der Waals surface area (Å²) in [7, 11) is 0. The normalized spacial score (nSPS) is 10.5. The van der Waals surface area contributed by atoms with Gasteiger partial charge in [0.1, 0.15) is 5.82 Å². The van der Waals surface area contributed by atoms with Crippen LogP contribution in [0.2, 0.25) is 0 Å². The maximum atomic E-state index is 13.8. The van der Waals surface area contributed by atoms with Gasteiger partial charge in [0.15, 0.2) is 5.78 Å². The van der Waals surface area contributed by atoms with Crippen molar-refractivity contribution in [2.45, 2.75) is 19.8 Å². The summed E-state index contributed by atoms with van der Waals surface area (Å²) < 4.78 is 14.1. The molecule has 0 N–H and O–H groups in total. The first-order valence-electron chi connectivity index (χ1n) is 6.10. The van der Waals surface area contributed by atoms with Crippen LogP contribution in [0.1, 0.15) is 27.9 Å². The summed E-state index contributed by atoms with van der Waals surface area (Å²) in [6.07, 6.45) is 0.946. The van der Waals surface area contributed by atoms with Crippen molar-refractivity contribution < 1.29 is 9.18 Å². The lowest BCUT2D eigenvalue weighted by Crippen LogP contribution is -2.04. The molecule has 0 bridgehead atoms. The molecule has 0 atom stereocenters. The SMILES string of the molecule is Cc1ccc(CCC(=O)c2cccc(Br)c2F)cc1. The second kappa shape index (κ2) is 6.11. The molecule has 0 unspecified atom stereocenters. The molecule has 19 heavy (non-hydrogen) atoms. The maximum Gasteiger partial charge on any atom is 0.166 e. The second-order valence-electron chi connectivity index (χ2n) is 4.51. The number of ketones is 1. The minimum Gasteiger partial charge on any atom is -0.294 e. The van der Waals surface area contributed by atoms with Gasteiger partial charge < -0.3 is 0 Å². The number of benzene rings is 2. The fraction of sp³-hybridized carbons (Fsp3) is 0.188. The monoisotopic (exact) mass is 320 g/mol. The van der Waals surface area contributed by atoms with Gasteiger partial charge in [-0.25, -0.2) is 4.39 Å². The van der Waals surface area contributed by atoms with Gasteiger partial charge in [-0.05, 0) is 47.0 Å². The fourth-order valence-corrected chi connectivity index (χ4v) is 2.23. The summed E-state index contributed by atoms with van der Waals surface area (Å²) in [5, 5.41) is 0. The molecule has 98 valence electrons. The van der Waals surface area contributed by atoms with Crippen molar-refractivity contribution >= 4 is 21.7 Å². The minimum absolute atomic E-state index is 0.154. The van der Waals surface area contributed by atoms with E-state index in [0.29, 0.717) is 17.3 Å². The van der Waals surface area contributed by atoms with Crippen molar-refractivity contribution in [2.75, 3.05) is 0 Å². The topological polar surface area (TPSA) is 17.1 Å². The molecule has 0 aliphatic heterocycles. The molecule has 2 aromatic rings. The molecule has 1 nitrogen and oxygen atoms in total. The van der Waals surface area contributed by atoms with E-state index in [-0.39, 0.29) is 11.3 Å². The van der Waals surface area contributed by atoms with Crippen molar-refractivity contribution in [1.82, 2.24) is 0 Å². The molecule has 3 heteroatoms. The Bertz CT molecular complexity index is 590. The van der Waals surface area contributed by atoms with Gasteiger partial charge in [-0.1, -0.05) is 35.9 Å². The lowest BCUT2D eigenvalue weighted by Gasteiger charge is -2.04. The molecule has 2 aromatic carbocycles. The predicted octanol–water partition coefficient (Wildman–Crippen LogP) is 4.71. The van der Waals surface area contributed by atoms with Gasteiger partial charge in [0, 0.05) is 6.42 Å². The molecular weight excluding hydrogens is 307 g/mol. The smallest absolute Gasteiger partial charge is 0.166 e. The van der Waals surface area contributed by atoms with Crippen LogP contribution in [0.3, 0.4) is 0 Å². The largest absolute Gasteiger partial charge is 0.294 e. The molecule has 0 spiro atoms. The van der Waals surface area contributed by atoms with Gasteiger partial charge in [0.25, 0.3) is 0 Å². The van der Waals surface area contributed by atoms with Crippen LogP contribution < -0.4 is 0 Å². The van der Waals surface area contributed by atoms with E-state index in [1.54, 1.807) is 12.1 Å². The van der Waals surface area contributed by atoms with Crippen LogP contribution in [-0.4, -0.2) is 5.78 Å². The van der Waals surface area contributed by atoms with Crippen LogP contribution in [0.4, 0.5) is 4.39 Å². The molecule has 0 heterocycles. The van der Waals surface area contributed by atoms with Gasteiger partial charge in [0.05, 0.1) is 10.0 Å². The molecular formula is C16H14BrFO. The van der Waals surface area contributed by atoms with Crippen LogP contribution in [-0.2, 0) is 6.42 Å². The summed E-state index contributed by atoms with van der Waals surface area (Å²) in [6.45, 7) is 2.02. The number of rotatable bonds is 4. The summed E-state index contributed by atoms with van der Waals surface area (Å²) in [6, 6.07) is 12.8. The zero-order chi connectivity index (χ0) is 13.8. The van der Waals surface area contributed by atoms with E-state index >= 15 is 0 Å². The molecule has 0 saturated heterocycles. The van der Waals surface area contributed by atoms with Crippen LogP contribution in [0, 0.1) is 12.7 Å². The Balaban J connectivity index is 2.05. The minimum atomic E-state index is -0.476. The average Bonchev–Trinajstić information content (AvgIpc) is 2.41. The number of aryl methyl sites for hydroxylation is 2. The third-order valence-electron chi connectivity index (χ3n) is 3.01. The van der Waals surface area contributed by atoms with E-state index in [0.717, 1.165) is 5.56 Å². The van der Waals surface area contributed by atoms with Crippen LogP contribution in [0.5, 0.6) is 0 Å². The van der Waals surface area contributed by atoms with Crippen molar-refractivity contribution in [3.8, 4) is 0 Å². The van der Waals surface area contributed by atoms with Gasteiger partial charge in [-0.3, -0.25) is 4.79 Å². The Hall–Kier alpha value is -1.48. The van der Waals surface area contributed by atoms with E-state index < -0.39 is 5.82 Å². The second-order valence-corrected chi connectivity index (χ2v) is 5.36. The van der Waals surface area contributed by atoms with E-state index in [1.165, 1.54) is 11.6 Å². The van der Waals surface area contributed by atoms with Crippen molar-refractivity contribution in [1.29, 1.82) is 0 Å². The molecule has 0 aliphatic rings. The lowest BCUT2D eigenvalue weighted by molar-refractivity contribution is 0.0979. The Morgan fingerprint density at radius 2 is 1.84 bits per heavy atom. The highest BCUT2D eigenvalue weighted by Crippen LogP contribution is 2.20. The van der Waals surface area contributed by atoms with E-state index in [9.17, 15) is 9.18 Å². The zero-order valence-corrected chi connectivity index (χ0v) is 12.2. The third kappa shape index (κ3) is 3.51. The maximum absolute atomic E-state index is 13.8. The zero-order valence-electron chi connectivity index (χ0n) is 10.6. The molecule has 0 amide bonds. The Labute approximate surface area is 120 Å². The quantitative estimate of drug-likeness (QED) is 0.745. The van der Waals surface area contributed by atoms with Crippen LogP contribution in [0.15, 0.2) is 46.9 Å². The van der Waals surface area contributed by atoms with E-state index in [1.807, 2.05) is 31.2 Å². The predicted molar refractivity (Wildman–Crippen MR) is 77.9 cm³/mol. The first kappa shape index (κ1) is 13.9. The summed E-state index contributed by atoms with van der Waals surface area (Å²) >= 11 is 3.09. The average molecular weight is 321 g/mol. The first-order valence-corrected chi connectivity index (χ1v) is 6.90. The van der Waals surface area contributed by atoms with Crippen LogP contribution in [0.25, 0.3) is 0 Å². The number of hydrogen-bond donors (Lipinski definition) is 0. The Morgan fingerprint density at radius 1 is 1.16 bits per heavy atom. The number of carbonyl (C=O) groups excluding carboxylic acids is 1. The van der Waals surface area contributed by atoms with Crippen molar-refractivity contribution in [3.63, 3.8) is 0 Å².